The van der Waals surface area contributed by atoms with Crippen LogP contribution in [0.4, 0.5) is 0 Å². The molecule has 154 valence electrons. The first-order valence-corrected chi connectivity index (χ1v) is 10.2. The minimum atomic E-state index is -0.952. The van der Waals surface area contributed by atoms with Crippen molar-refractivity contribution in [1.29, 1.82) is 0 Å². The summed E-state index contributed by atoms with van der Waals surface area (Å²) in [6.07, 6.45) is 4.01. The van der Waals surface area contributed by atoms with Crippen LogP contribution in [0.3, 0.4) is 0 Å². The lowest BCUT2D eigenvalue weighted by Gasteiger charge is -2.12. The molecule has 5 nitrogen and oxygen atoms in total. The number of aryl methyl sites for hydroxylation is 2. The number of nitrogens with zero attached hydrogens (tertiary/aromatic N) is 2. The summed E-state index contributed by atoms with van der Waals surface area (Å²) in [4.78, 5) is 16.2. The van der Waals surface area contributed by atoms with E-state index in [9.17, 15) is 9.90 Å². The molecule has 1 aromatic heterocycles. The van der Waals surface area contributed by atoms with Gasteiger partial charge in [0.15, 0.2) is 0 Å². The Labute approximate surface area is 180 Å². The number of hydrogen-bond donors (Lipinski definition) is 1. The lowest BCUT2D eigenvalue weighted by molar-refractivity contribution is 0.0697. The van der Waals surface area contributed by atoms with E-state index in [1.54, 1.807) is 18.2 Å². The first kappa shape index (κ1) is 19.1. The number of fused-ring (bicyclic) bond motifs is 3. The van der Waals surface area contributed by atoms with Gasteiger partial charge in [0.1, 0.15) is 12.4 Å². The minimum Gasteiger partial charge on any atom is -0.488 e. The molecule has 3 aromatic carbocycles. The number of carbonyl (C=O) groups is 1. The topological polar surface area (TPSA) is 64.4 Å². The van der Waals surface area contributed by atoms with Crippen LogP contribution in [0.25, 0.3) is 16.6 Å². The van der Waals surface area contributed by atoms with Crippen LogP contribution in [0, 0.1) is 13.8 Å². The van der Waals surface area contributed by atoms with Gasteiger partial charge in [-0.1, -0.05) is 42.5 Å². The van der Waals surface area contributed by atoms with Gasteiger partial charge in [-0.25, -0.2) is 9.78 Å². The molecule has 1 aliphatic heterocycles. The van der Waals surface area contributed by atoms with E-state index in [0.29, 0.717) is 18.9 Å². The summed E-state index contributed by atoms with van der Waals surface area (Å²) in [5.41, 5.74) is 8.59. The normalized spacial score (nSPS) is 14.1. The zero-order chi connectivity index (χ0) is 21.5. The molecule has 0 bridgehead atoms. The van der Waals surface area contributed by atoms with E-state index in [2.05, 4.69) is 47.7 Å². The molecule has 0 aliphatic carbocycles. The summed E-state index contributed by atoms with van der Waals surface area (Å²) in [6, 6.07) is 17.4. The quantitative estimate of drug-likeness (QED) is 0.493. The van der Waals surface area contributed by atoms with Gasteiger partial charge in [0.2, 0.25) is 0 Å². The smallest absolute Gasteiger partial charge is 0.335 e. The van der Waals surface area contributed by atoms with Gasteiger partial charge in [0.25, 0.3) is 0 Å². The number of carboxylic acids is 1. The van der Waals surface area contributed by atoms with Gasteiger partial charge in [-0.3, -0.25) is 0 Å². The van der Waals surface area contributed by atoms with E-state index in [1.165, 1.54) is 5.56 Å². The van der Waals surface area contributed by atoms with Crippen LogP contribution in [-0.2, 0) is 13.2 Å². The van der Waals surface area contributed by atoms with Crippen LogP contribution < -0.4 is 4.74 Å². The highest BCUT2D eigenvalue weighted by molar-refractivity contribution is 5.92. The second-order valence-electron chi connectivity index (χ2n) is 7.87. The first-order chi connectivity index (χ1) is 15.0. The Balaban J connectivity index is 1.68. The molecule has 1 N–H and O–H groups in total. The summed E-state index contributed by atoms with van der Waals surface area (Å²) < 4.78 is 8.17. The van der Waals surface area contributed by atoms with Crippen molar-refractivity contribution in [1.82, 2.24) is 9.55 Å². The Morgan fingerprint density at radius 3 is 2.74 bits per heavy atom. The highest BCUT2D eigenvalue weighted by Gasteiger charge is 2.20. The van der Waals surface area contributed by atoms with Gasteiger partial charge in [0, 0.05) is 12.1 Å². The summed E-state index contributed by atoms with van der Waals surface area (Å²) in [5.74, 6) is -0.263. The summed E-state index contributed by atoms with van der Waals surface area (Å²) in [7, 11) is 0. The molecule has 2 heterocycles. The van der Waals surface area contributed by atoms with Crippen molar-refractivity contribution in [2.75, 3.05) is 0 Å². The largest absolute Gasteiger partial charge is 0.488 e. The number of benzene rings is 3. The van der Waals surface area contributed by atoms with E-state index in [-0.39, 0.29) is 5.56 Å². The van der Waals surface area contributed by atoms with Gasteiger partial charge in [-0.2, -0.15) is 0 Å². The molecule has 0 amide bonds. The molecular weight excluding hydrogens is 388 g/mol. The number of allylic oxidation sites excluding steroid dienone is 1. The summed E-state index contributed by atoms with van der Waals surface area (Å²) >= 11 is 0. The lowest BCUT2D eigenvalue weighted by atomic mass is 9.93. The standard InChI is InChI=1S/C26H22N2O3/c1-16-7-8-17(2)25-24(16)27-15-28(25)12-11-21-20-6-4-3-5-19(20)14-31-23-10-9-18(26(29)30)13-22(21)23/h3-11,13,15H,12,14H2,1-2H3,(H,29,30). The average Bonchev–Trinajstić information content (AvgIpc) is 3.14. The molecule has 0 radical (unpaired) electrons. The zero-order valence-electron chi connectivity index (χ0n) is 17.4. The predicted molar refractivity (Wildman–Crippen MR) is 120 cm³/mol. The number of ether oxygens (including phenoxy) is 1. The lowest BCUT2D eigenvalue weighted by Crippen LogP contribution is -2.00. The van der Waals surface area contributed by atoms with E-state index in [4.69, 9.17) is 4.74 Å². The fraction of sp³-hybridized carbons (Fsp3) is 0.154. The van der Waals surface area contributed by atoms with Crippen molar-refractivity contribution in [3.63, 3.8) is 0 Å². The number of aromatic nitrogens is 2. The van der Waals surface area contributed by atoms with E-state index < -0.39 is 5.97 Å². The van der Waals surface area contributed by atoms with E-state index in [1.807, 2.05) is 24.5 Å². The highest BCUT2D eigenvalue weighted by atomic mass is 16.5. The molecule has 5 heteroatoms. The molecule has 5 rings (SSSR count). The van der Waals surface area contributed by atoms with Crippen LogP contribution in [0.2, 0.25) is 0 Å². The van der Waals surface area contributed by atoms with Crippen molar-refractivity contribution in [3.8, 4) is 5.75 Å². The van der Waals surface area contributed by atoms with Crippen LogP contribution in [0.1, 0.15) is 38.2 Å². The second-order valence-corrected chi connectivity index (χ2v) is 7.87. The highest BCUT2D eigenvalue weighted by Crippen LogP contribution is 2.37. The van der Waals surface area contributed by atoms with Gasteiger partial charge >= 0.3 is 5.97 Å². The Hall–Kier alpha value is -3.86. The third kappa shape index (κ3) is 3.28. The van der Waals surface area contributed by atoms with E-state index in [0.717, 1.165) is 38.9 Å². The number of aromatic carboxylic acids is 1. The summed E-state index contributed by atoms with van der Waals surface area (Å²) in [6.45, 7) is 5.22. The fourth-order valence-electron chi connectivity index (χ4n) is 4.25. The van der Waals surface area contributed by atoms with Gasteiger partial charge < -0.3 is 14.4 Å². The number of rotatable bonds is 3. The maximum absolute atomic E-state index is 11.6. The fourth-order valence-corrected chi connectivity index (χ4v) is 4.25. The molecule has 31 heavy (non-hydrogen) atoms. The molecule has 0 saturated heterocycles. The van der Waals surface area contributed by atoms with Gasteiger partial charge in [-0.15, -0.1) is 0 Å². The van der Waals surface area contributed by atoms with Crippen LogP contribution >= 0.6 is 0 Å². The van der Waals surface area contributed by atoms with Crippen molar-refractivity contribution < 1.29 is 14.6 Å². The number of hydrogen-bond acceptors (Lipinski definition) is 3. The summed E-state index contributed by atoms with van der Waals surface area (Å²) in [5, 5.41) is 9.52. The zero-order valence-corrected chi connectivity index (χ0v) is 17.4. The molecule has 4 aromatic rings. The first-order valence-electron chi connectivity index (χ1n) is 10.2. The molecule has 0 fully saturated rings. The Morgan fingerprint density at radius 2 is 1.90 bits per heavy atom. The predicted octanol–water partition coefficient (Wildman–Crippen LogP) is 5.38. The van der Waals surface area contributed by atoms with Crippen LogP contribution in [-0.4, -0.2) is 20.6 Å². The molecular formula is C26H22N2O3. The Morgan fingerprint density at radius 1 is 1.10 bits per heavy atom. The van der Waals surface area contributed by atoms with E-state index >= 15 is 0 Å². The Bertz CT molecular complexity index is 1360. The minimum absolute atomic E-state index is 0.243. The molecule has 0 unspecified atom stereocenters. The Kier molecular flexibility index (Phi) is 4.59. The van der Waals surface area contributed by atoms with Crippen molar-refractivity contribution in [2.24, 2.45) is 0 Å². The third-order valence-electron chi connectivity index (χ3n) is 5.87. The van der Waals surface area contributed by atoms with Crippen molar-refractivity contribution in [3.05, 3.63) is 100 Å². The molecule has 1 aliphatic rings. The maximum Gasteiger partial charge on any atom is 0.335 e. The third-order valence-corrected chi connectivity index (χ3v) is 5.87. The maximum atomic E-state index is 11.6. The van der Waals surface area contributed by atoms with Crippen molar-refractivity contribution in [2.45, 2.75) is 27.0 Å². The van der Waals surface area contributed by atoms with Crippen LogP contribution in [0.5, 0.6) is 5.75 Å². The molecule has 0 atom stereocenters. The van der Waals surface area contributed by atoms with Crippen LogP contribution in [0.15, 0.2) is 67.0 Å². The molecule has 0 spiro atoms. The SMILES string of the molecule is Cc1ccc(C)c2c1ncn2CC=C1c2ccccc2COc2ccc(C(=O)O)cc21. The monoisotopic (exact) mass is 410 g/mol. The number of imidazole rings is 1. The number of carboxylic acid groups (broad SMARTS) is 1. The van der Waals surface area contributed by atoms with Crippen molar-refractivity contribution >= 4 is 22.6 Å². The average molecular weight is 410 g/mol. The van der Waals surface area contributed by atoms with Gasteiger partial charge in [0.05, 0.1) is 22.9 Å². The van der Waals surface area contributed by atoms with Gasteiger partial charge in [-0.05, 0) is 59.9 Å². The molecule has 0 saturated carbocycles. The second kappa shape index (κ2) is 7.43.